The maximum Gasteiger partial charge on any atom is 0.330 e. The molecule has 0 radical (unpaired) electrons. The van der Waals surface area contributed by atoms with E-state index in [0.29, 0.717) is 19.6 Å². The highest BCUT2D eigenvalue weighted by atomic mass is 16.5. The minimum absolute atomic E-state index is 0.238. The summed E-state index contributed by atoms with van der Waals surface area (Å²) in [6.07, 6.45) is 12.0. The molecule has 0 aromatic heterocycles. The lowest BCUT2D eigenvalue weighted by atomic mass is 10.1. The van der Waals surface area contributed by atoms with Crippen LogP contribution in [0.25, 0.3) is 6.08 Å². The van der Waals surface area contributed by atoms with E-state index in [1.807, 2.05) is 24.3 Å². The quantitative estimate of drug-likeness (QED) is 0.173. The summed E-state index contributed by atoms with van der Waals surface area (Å²) in [7, 11) is 0. The molecule has 29 heavy (non-hydrogen) atoms. The highest BCUT2D eigenvalue weighted by Crippen LogP contribution is 2.14. The van der Waals surface area contributed by atoms with E-state index in [0.717, 1.165) is 69.0 Å². The van der Waals surface area contributed by atoms with Gasteiger partial charge in [0.1, 0.15) is 12.0 Å². The van der Waals surface area contributed by atoms with Gasteiger partial charge in [0.15, 0.2) is 0 Å². The summed E-state index contributed by atoms with van der Waals surface area (Å²) in [6, 6.07) is 7.44. The van der Waals surface area contributed by atoms with Gasteiger partial charge in [0.05, 0.1) is 13.2 Å². The average Bonchev–Trinajstić information content (AvgIpc) is 2.71. The smallest absolute Gasteiger partial charge is 0.330 e. The average molecular weight is 405 g/mol. The fourth-order valence-corrected chi connectivity index (χ4v) is 2.67. The first-order chi connectivity index (χ1) is 14.1. The second-order valence-corrected chi connectivity index (χ2v) is 6.85. The SMILES string of the molecule is O=CCCCCOc1ccc(C=CC(=O)OCCCCCCCCC(=O)O)cc1. The lowest BCUT2D eigenvalue weighted by molar-refractivity contribution is -0.138. The number of carboxylic acid groups (broad SMARTS) is 1. The molecule has 1 aromatic carbocycles. The molecular formula is C23H32O6. The van der Waals surface area contributed by atoms with E-state index < -0.39 is 5.97 Å². The highest BCUT2D eigenvalue weighted by Gasteiger charge is 2.00. The van der Waals surface area contributed by atoms with Gasteiger partial charge in [-0.25, -0.2) is 4.79 Å². The number of rotatable bonds is 17. The van der Waals surface area contributed by atoms with Crippen molar-refractivity contribution in [1.82, 2.24) is 0 Å². The summed E-state index contributed by atoms with van der Waals surface area (Å²) in [5.74, 6) is -0.336. The molecule has 160 valence electrons. The summed E-state index contributed by atoms with van der Waals surface area (Å²) in [6.45, 7) is 0.979. The van der Waals surface area contributed by atoms with Gasteiger partial charge < -0.3 is 19.4 Å². The first-order valence-corrected chi connectivity index (χ1v) is 10.3. The van der Waals surface area contributed by atoms with Crippen LogP contribution in [-0.2, 0) is 19.1 Å². The van der Waals surface area contributed by atoms with E-state index in [1.165, 1.54) is 6.08 Å². The standard InChI is InChI=1S/C23H32O6/c24-17-7-5-9-18-28-21-14-11-20(12-15-21)13-16-23(27)29-19-8-4-2-1-3-6-10-22(25)26/h11-17H,1-10,18-19H2,(H,25,26). The van der Waals surface area contributed by atoms with Gasteiger partial charge in [-0.15, -0.1) is 0 Å². The molecule has 0 fully saturated rings. The molecule has 0 aliphatic carbocycles. The predicted molar refractivity (Wildman–Crippen MR) is 112 cm³/mol. The van der Waals surface area contributed by atoms with Crippen molar-refractivity contribution in [3.8, 4) is 5.75 Å². The van der Waals surface area contributed by atoms with Gasteiger partial charge in [0, 0.05) is 18.9 Å². The van der Waals surface area contributed by atoms with Gasteiger partial charge in [0.25, 0.3) is 0 Å². The van der Waals surface area contributed by atoms with E-state index in [-0.39, 0.29) is 12.4 Å². The molecule has 0 bridgehead atoms. The largest absolute Gasteiger partial charge is 0.494 e. The van der Waals surface area contributed by atoms with E-state index in [1.54, 1.807) is 6.08 Å². The minimum Gasteiger partial charge on any atom is -0.494 e. The number of carbonyl (C=O) groups excluding carboxylic acids is 2. The molecular weight excluding hydrogens is 372 g/mol. The number of aliphatic carboxylic acids is 1. The number of aldehydes is 1. The Morgan fingerprint density at radius 3 is 2.21 bits per heavy atom. The number of carbonyl (C=O) groups is 3. The Labute approximate surface area is 172 Å². The lowest BCUT2D eigenvalue weighted by Gasteiger charge is -2.05. The molecule has 0 heterocycles. The highest BCUT2D eigenvalue weighted by molar-refractivity contribution is 5.87. The van der Waals surface area contributed by atoms with E-state index in [2.05, 4.69) is 0 Å². The first-order valence-electron chi connectivity index (χ1n) is 10.3. The number of hydrogen-bond acceptors (Lipinski definition) is 5. The van der Waals surface area contributed by atoms with Crippen molar-refractivity contribution >= 4 is 24.3 Å². The van der Waals surface area contributed by atoms with E-state index in [4.69, 9.17) is 14.6 Å². The zero-order chi connectivity index (χ0) is 21.2. The molecule has 0 saturated heterocycles. The van der Waals surface area contributed by atoms with Crippen LogP contribution < -0.4 is 4.74 Å². The van der Waals surface area contributed by atoms with Gasteiger partial charge in [-0.1, -0.05) is 37.8 Å². The molecule has 0 aliphatic heterocycles. The van der Waals surface area contributed by atoms with Crippen molar-refractivity contribution in [3.05, 3.63) is 35.9 Å². The molecule has 0 aliphatic rings. The minimum atomic E-state index is -0.739. The first kappa shape index (κ1) is 24.4. The summed E-state index contributed by atoms with van der Waals surface area (Å²) in [5.41, 5.74) is 0.886. The second-order valence-electron chi connectivity index (χ2n) is 6.85. The maximum absolute atomic E-state index is 11.7. The number of carboxylic acids is 1. The van der Waals surface area contributed by atoms with Crippen molar-refractivity contribution in [1.29, 1.82) is 0 Å². The Morgan fingerprint density at radius 1 is 0.862 bits per heavy atom. The van der Waals surface area contributed by atoms with Gasteiger partial charge in [-0.2, -0.15) is 0 Å². The van der Waals surface area contributed by atoms with Crippen LogP contribution in [0.1, 0.15) is 69.8 Å². The van der Waals surface area contributed by atoms with Crippen LogP contribution >= 0.6 is 0 Å². The number of esters is 1. The van der Waals surface area contributed by atoms with E-state index in [9.17, 15) is 14.4 Å². The molecule has 0 spiro atoms. The third-order valence-corrected chi connectivity index (χ3v) is 4.31. The van der Waals surface area contributed by atoms with Gasteiger partial charge in [-0.05, 0) is 49.5 Å². The van der Waals surface area contributed by atoms with Crippen molar-refractivity contribution in [3.63, 3.8) is 0 Å². The van der Waals surface area contributed by atoms with Crippen molar-refractivity contribution in [2.75, 3.05) is 13.2 Å². The lowest BCUT2D eigenvalue weighted by Crippen LogP contribution is -2.02. The van der Waals surface area contributed by atoms with Crippen molar-refractivity contribution in [2.24, 2.45) is 0 Å². The number of ether oxygens (including phenoxy) is 2. The third-order valence-electron chi connectivity index (χ3n) is 4.31. The predicted octanol–water partition coefficient (Wildman–Crippen LogP) is 4.81. The Kier molecular flexibility index (Phi) is 13.7. The molecule has 0 atom stereocenters. The molecule has 1 rings (SSSR count). The van der Waals surface area contributed by atoms with Gasteiger partial charge in [-0.3, -0.25) is 4.79 Å². The molecule has 0 amide bonds. The summed E-state index contributed by atoms with van der Waals surface area (Å²) < 4.78 is 10.8. The normalized spacial score (nSPS) is 10.8. The van der Waals surface area contributed by atoms with Crippen LogP contribution in [0, 0.1) is 0 Å². The molecule has 1 aromatic rings. The summed E-state index contributed by atoms with van der Waals surface area (Å²) in [5, 5.41) is 8.55. The molecule has 0 unspecified atom stereocenters. The van der Waals surface area contributed by atoms with Crippen LogP contribution in [0.3, 0.4) is 0 Å². The van der Waals surface area contributed by atoms with Crippen LogP contribution in [0.5, 0.6) is 5.75 Å². The van der Waals surface area contributed by atoms with Crippen LogP contribution in [0.15, 0.2) is 30.3 Å². The number of hydrogen-bond donors (Lipinski definition) is 1. The zero-order valence-corrected chi connectivity index (χ0v) is 17.0. The summed E-state index contributed by atoms with van der Waals surface area (Å²) >= 11 is 0. The van der Waals surface area contributed by atoms with Crippen LogP contribution in [0.4, 0.5) is 0 Å². The second kappa shape index (κ2) is 16.3. The third kappa shape index (κ3) is 14.1. The number of benzene rings is 1. The van der Waals surface area contributed by atoms with Crippen LogP contribution in [0.2, 0.25) is 0 Å². The van der Waals surface area contributed by atoms with Gasteiger partial charge >= 0.3 is 11.9 Å². The monoisotopic (exact) mass is 404 g/mol. The van der Waals surface area contributed by atoms with E-state index >= 15 is 0 Å². The summed E-state index contributed by atoms with van der Waals surface area (Å²) in [4.78, 5) is 32.4. The maximum atomic E-state index is 11.7. The molecule has 6 nitrogen and oxygen atoms in total. The Hall–Kier alpha value is -2.63. The van der Waals surface area contributed by atoms with Gasteiger partial charge in [0.2, 0.25) is 0 Å². The molecule has 6 heteroatoms. The Morgan fingerprint density at radius 2 is 1.52 bits per heavy atom. The fourth-order valence-electron chi connectivity index (χ4n) is 2.67. The Bertz CT molecular complexity index is 621. The molecule has 0 saturated carbocycles. The van der Waals surface area contributed by atoms with Crippen molar-refractivity contribution < 1.29 is 29.0 Å². The molecule has 1 N–H and O–H groups in total. The topological polar surface area (TPSA) is 89.9 Å². The zero-order valence-electron chi connectivity index (χ0n) is 17.0. The fraction of sp³-hybridized carbons (Fsp3) is 0.522. The van der Waals surface area contributed by atoms with Crippen molar-refractivity contribution in [2.45, 2.75) is 64.2 Å². The van der Waals surface area contributed by atoms with Crippen LogP contribution in [-0.4, -0.2) is 36.5 Å². The Balaban J connectivity index is 2.10. The number of unbranched alkanes of at least 4 members (excludes halogenated alkanes) is 7.